The molecule has 0 aliphatic carbocycles. The van der Waals surface area contributed by atoms with Crippen molar-refractivity contribution < 1.29 is 9.50 Å². The minimum absolute atomic E-state index is 0.0133. The second-order valence-corrected chi connectivity index (χ2v) is 8.04. The van der Waals surface area contributed by atoms with Gasteiger partial charge in [-0.25, -0.2) is 4.39 Å². The maximum absolute atomic E-state index is 13.3. The second kappa shape index (κ2) is 9.30. The highest BCUT2D eigenvalue weighted by molar-refractivity contribution is 6.02. The molecular weight excluding hydrogens is 379 g/mol. The molecule has 1 unspecified atom stereocenters. The van der Waals surface area contributed by atoms with Gasteiger partial charge in [0.2, 0.25) is 0 Å². The average Bonchev–Trinajstić information content (AvgIpc) is 3.05. The Morgan fingerprint density at radius 1 is 1.23 bits per heavy atom. The molecule has 0 radical (unpaired) electrons. The number of hydrogen-bond donors (Lipinski definition) is 3. The van der Waals surface area contributed by atoms with Gasteiger partial charge in [-0.1, -0.05) is 6.42 Å². The van der Waals surface area contributed by atoms with Crippen molar-refractivity contribution in [2.24, 2.45) is 4.99 Å². The number of rotatable bonds is 7. The Morgan fingerprint density at radius 3 is 2.87 bits per heavy atom. The lowest BCUT2D eigenvalue weighted by Crippen LogP contribution is -2.38. The molecule has 0 saturated carbocycles. The first kappa shape index (κ1) is 20.4. The number of nitrogens with one attached hydrogen (secondary N) is 2. The minimum Gasteiger partial charge on any atom is -0.494 e. The van der Waals surface area contributed by atoms with Crippen molar-refractivity contribution in [3.05, 3.63) is 53.8 Å². The summed E-state index contributed by atoms with van der Waals surface area (Å²) in [7, 11) is 0. The number of benzene rings is 2. The Kier molecular flexibility index (Phi) is 6.33. The summed E-state index contributed by atoms with van der Waals surface area (Å²) in [5.74, 6) is -0.360. The number of halogens is 1. The van der Waals surface area contributed by atoms with Crippen LogP contribution in [0.15, 0.2) is 47.5 Å². The second-order valence-electron chi connectivity index (χ2n) is 8.04. The van der Waals surface area contributed by atoms with E-state index in [4.69, 9.17) is 0 Å². The van der Waals surface area contributed by atoms with Crippen LogP contribution in [0.2, 0.25) is 0 Å². The fourth-order valence-electron chi connectivity index (χ4n) is 4.12. The first-order valence-corrected chi connectivity index (χ1v) is 10.7. The summed E-state index contributed by atoms with van der Waals surface area (Å²) in [5.41, 5.74) is 2.97. The van der Waals surface area contributed by atoms with E-state index in [1.54, 1.807) is 12.3 Å². The van der Waals surface area contributed by atoms with Crippen LogP contribution in [0.1, 0.15) is 38.2 Å². The Labute approximate surface area is 176 Å². The number of fused-ring (bicyclic) bond motifs is 1. The van der Waals surface area contributed by atoms with Gasteiger partial charge in [0.15, 0.2) is 5.88 Å². The molecule has 1 aromatic heterocycles. The lowest BCUT2D eigenvalue weighted by molar-refractivity contribution is 0.160. The van der Waals surface area contributed by atoms with Gasteiger partial charge >= 0.3 is 0 Å². The van der Waals surface area contributed by atoms with Crippen LogP contribution >= 0.6 is 0 Å². The number of piperidine rings is 1. The van der Waals surface area contributed by atoms with Crippen LogP contribution in [-0.4, -0.2) is 46.9 Å². The highest BCUT2D eigenvalue weighted by Gasteiger charge is 2.17. The van der Waals surface area contributed by atoms with E-state index in [9.17, 15) is 9.50 Å². The molecule has 1 saturated heterocycles. The summed E-state index contributed by atoms with van der Waals surface area (Å²) in [6, 6.07) is 13.0. The van der Waals surface area contributed by atoms with Crippen LogP contribution in [0.5, 0.6) is 5.88 Å². The number of nitrogens with zero attached hydrogens (tertiary/aromatic N) is 2. The molecule has 30 heavy (non-hydrogen) atoms. The van der Waals surface area contributed by atoms with Crippen LogP contribution in [0.25, 0.3) is 10.9 Å². The van der Waals surface area contributed by atoms with Gasteiger partial charge < -0.3 is 20.3 Å². The molecule has 6 heteroatoms. The first-order chi connectivity index (χ1) is 14.6. The highest BCUT2D eigenvalue weighted by atomic mass is 19.1. The molecular formula is C24H29FN4O. The molecule has 3 N–H and O–H groups in total. The Balaban J connectivity index is 1.31. The van der Waals surface area contributed by atoms with E-state index in [1.165, 1.54) is 37.9 Å². The molecule has 158 valence electrons. The third-order valence-electron chi connectivity index (χ3n) is 5.88. The number of H-pyrrole nitrogens is 1. The summed E-state index contributed by atoms with van der Waals surface area (Å²) >= 11 is 0. The van der Waals surface area contributed by atoms with Crippen molar-refractivity contribution in [3.63, 3.8) is 0 Å². The van der Waals surface area contributed by atoms with Gasteiger partial charge in [0.05, 0.1) is 16.8 Å². The van der Waals surface area contributed by atoms with E-state index in [2.05, 4.69) is 27.1 Å². The maximum atomic E-state index is 13.3. The van der Waals surface area contributed by atoms with Gasteiger partial charge in [-0.05, 0) is 75.2 Å². The molecule has 4 rings (SSSR count). The zero-order chi connectivity index (χ0) is 20.9. The Bertz CT molecular complexity index is 1010. The van der Waals surface area contributed by atoms with Crippen molar-refractivity contribution >= 4 is 28.5 Å². The lowest BCUT2D eigenvalue weighted by Gasteiger charge is -2.33. The monoisotopic (exact) mass is 408 g/mol. The highest BCUT2D eigenvalue weighted by Crippen LogP contribution is 2.27. The molecule has 1 fully saturated rings. The number of aromatic amines is 1. The fraction of sp³-hybridized carbons (Fsp3) is 0.375. The van der Waals surface area contributed by atoms with E-state index in [1.807, 2.05) is 24.3 Å². The number of likely N-dealkylation sites (tertiary alicyclic amines) is 1. The van der Waals surface area contributed by atoms with Crippen molar-refractivity contribution in [1.82, 2.24) is 9.88 Å². The number of aromatic nitrogens is 1. The van der Waals surface area contributed by atoms with Crippen LogP contribution in [-0.2, 0) is 0 Å². The summed E-state index contributed by atoms with van der Waals surface area (Å²) in [6.07, 6.45) is 6.75. The molecule has 3 aromatic rings. The molecule has 1 atom stereocenters. The lowest BCUT2D eigenvalue weighted by atomic mass is 10.0. The molecule has 2 heterocycles. The zero-order valence-corrected chi connectivity index (χ0v) is 17.4. The van der Waals surface area contributed by atoms with Gasteiger partial charge in [-0.3, -0.25) is 4.99 Å². The molecule has 2 aromatic carbocycles. The van der Waals surface area contributed by atoms with E-state index in [0.717, 1.165) is 36.3 Å². The van der Waals surface area contributed by atoms with E-state index in [0.29, 0.717) is 17.1 Å². The zero-order valence-electron chi connectivity index (χ0n) is 17.4. The van der Waals surface area contributed by atoms with Gasteiger partial charge in [0.1, 0.15) is 5.82 Å². The quantitative estimate of drug-likeness (QED) is 0.360. The predicted octanol–water partition coefficient (Wildman–Crippen LogP) is 5.44. The third-order valence-corrected chi connectivity index (χ3v) is 5.88. The number of aromatic hydroxyl groups is 1. The number of anilines is 1. The van der Waals surface area contributed by atoms with Crippen LogP contribution in [0.4, 0.5) is 15.8 Å². The number of aliphatic imine (C=N–C) groups is 1. The van der Waals surface area contributed by atoms with Gasteiger partial charge in [0, 0.05) is 36.4 Å². The van der Waals surface area contributed by atoms with Gasteiger partial charge in [-0.15, -0.1) is 0 Å². The fourth-order valence-corrected chi connectivity index (χ4v) is 4.12. The van der Waals surface area contributed by atoms with E-state index < -0.39 is 0 Å². The van der Waals surface area contributed by atoms with Gasteiger partial charge in [0.25, 0.3) is 0 Å². The summed E-state index contributed by atoms with van der Waals surface area (Å²) in [6.45, 7) is 5.66. The SMILES string of the molecule is CC1CCCCN1CCCNc1ccc(N=Cc2c(O)[nH]c3cc(F)ccc23)cc1. The van der Waals surface area contributed by atoms with E-state index in [-0.39, 0.29) is 11.7 Å². The Hall–Kier alpha value is -2.86. The minimum atomic E-state index is -0.347. The van der Waals surface area contributed by atoms with Crippen molar-refractivity contribution in [1.29, 1.82) is 0 Å². The summed E-state index contributed by atoms with van der Waals surface area (Å²) < 4.78 is 13.3. The molecule has 1 aliphatic rings. The molecule has 0 spiro atoms. The smallest absolute Gasteiger partial charge is 0.198 e. The maximum Gasteiger partial charge on any atom is 0.198 e. The van der Waals surface area contributed by atoms with Crippen molar-refractivity contribution in [2.75, 3.05) is 25.0 Å². The largest absolute Gasteiger partial charge is 0.494 e. The van der Waals surface area contributed by atoms with E-state index >= 15 is 0 Å². The topological polar surface area (TPSA) is 63.6 Å². The first-order valence-electron chi connectivity index (χ1n) is 10.7. The molecule has 0 bridgehead atoms. The van der Waals surface area contributed by atoms with Gasteiger partial charge in [-0.2, -0.15) is 0 Å². The van der Waals surface area contributed by atoms with Crippen molar-refractivity contribution in [3.8, 4) is 5.88 Å². The third kappa shape index (κ3) is 4.82. The van der Waals surface area contributed by atoms with Crippen molar-refractivity contribution in [2.45, 2.75) is 38.6 Å². The standard InChI is InChI=1S/C24H29FN4O/c1-17-5-2-3-13-29(17)14-4-12-26-19-7-9-20(10-8-19)27-16-22-21-11-6-18(25)15-23(21)28-24(22)30/h6-11,15-17,26,28,30H,2-5,12-14H2,1H3. The van der Waals surface area contributed by atoms with Crippen LogP contribution in [0.3, 0.4) is 0 Å². The normalized spacial score (nSPS) is 17.7. The molecule has 0 amide bonds. The molecule has 1 aliphatic heterocycles. The predicted molar refractivity (Wildman–Crippen MR) is 122 cm³/mol. The Morgan fingerprint density at radius 2 is 2.07 bits per heavy atom. The summed E-state index contributed by atoms with van der Waals surface area (Å²) in [4.78, 5) is 9.83. The number of hydrogen-bond acceptors (Lipinski definition) is 4. The summed E-state index contributed by atoms with van der Waals surface area (Å²) in [5, 5.41) is 14.3. The average molecular weight is 409 g/mol. The molecule has 5 nitrogen and oxygen atoms in total. The van der Waals surface area contributed by atoms with Crippen LogP contribution < -0.4 is 5.32 Å². The van der Waals surface area contributed by atoms with Crippen LogP contribution in [0, 0.1) is 5.82 Å².